The van der Waals surface area contributed by atoms with Crippen molar-refractivity contribution in [3.05, 3.63) is 47.5 Å². The molecule has 0 fully saturated rings. The number of rotatable bonds is 7. The van der Waals surface area contributed by atoms with Crippen LogP contribution >= 0.6 is 0 Å². The molecule has 0 bridgehead atoms. The summed E-state index contributed by atoms with van der Waals surface area (Å²) in [5.74, 6) is 0.334. The first-order chi connectivity index (χ1) is 8.22. The molecular formula is C15H22O2. The SMILES string of the molecule is C/C(=C\COCc1ccccc1)C[C@H](C)CO. The van der Waals surface area contributed by atoms with Crippen molar-refractivity contribution in [2.45, 2.75) is 26.9 Å². The summed E-state index contributed by atoms with van der Waals surface area (Å²) in [5, 5.41) is 8.95. The van der Waals surface area contributed by atoms with Crippen LogP contribution in [0.5, 0.6) is 0 Å². The third-order valence-corrected chi connectivity index (χ3v) is 2.64. The van der Waals surface area contributed by atoms with Crippen molar-refractivity contribution in [3.63, 3.8) is 0 Å². The van der Waals surface area contributed by atoms with Gasteiger partial charge < -0.3 is 9.84 Å². The third kappa shape index (κ3) is 6.25. The Morgan fingerprint density at radius 1 is 1.35 bits per heavy atom. The molecule has 0 saturated heterocycles. The third-order valence-electron chi connectivity index (χ3n) is 2.64. The lowest BCUT2D eigenvalue weighted by molar-refractivity contribution is 0.148. The van der Waals surface area contributed by atoms with E-state index in [-0.39, 0.29) is 6.61 Å². The molecule has 0 spiro atoms. The van der Waals surface area contributed by atoms with Gasteiger partial charge in [-0.05, 0) is 24.8 Å². The van der Waals surface area contributed by atoms with Gasteiger partial charge in [-0.3, -0.25) is 0 Å². The van der Waals surface area contributed by atoms with Gasteiger partial charge in [0.1, 0.15) is 0 Å². The molecule has 0 saturated carbocycles. The average molecular weight is 234 g/mol. The normalized spacial score (nSPS) is 13.7. The molecule has 1 aromatic rings. The lowest BCUT2D eigenvalue weighted by Gasteiger charge is -2.08. The van der Waals surface area contributed by atoms with Crippen molar-refractivity contribution >= 4 is 0 Å². The van der Waals surface area contributed by atoms with Gasteiger partial charge in [0.25, 0.3) is 0 Å². The fourth-order valence-electron chi connectivity index (χ4n) is 1.65. The lowest BCUT2D eigenvalue weighted by Crippen LogP contribution is -2.01. The van der Waals surface area contributed by atoms with E-state index in [1.165, 1.54) is 11.1 Å². The topological polar surface area (TPSA) is 29.5 Å². The van der Waals surface area contributed by atoms with Crippen molar-refractivity contribution in [2.75, 3.05) is 13.2 Å². The molecule has 2 heteroatoms. The summed E-state index contributed by atoms with van der Waals surface area (Å²) in [4.78, 5) is 0. The second-order valence-corrected chi connectivity index (χ2v) is 4.54. The Morgan fingerprint density at radius 3 is 2.71 bits per heavy atom. The van der Waals surface area contributed by atoms with E-state index in [1.54, 1.807) is 0 Å². The number of allylic oxidation sites excluding steroid dienone is 1. The molecule has 0 radical (unpaired) electrons. The Bertz CT molecular complexity index is 330. The van der Waals surface area contributed by atoms with Crippen LogP contribution in [0.4, 0.5) is 0 Å². The Morgan fingerprint density at radius 2 is 2.06 bits per heavy atom. The summed E-state index contributed by atoms with van der Waals surface area (Å²) in [7, 11) is 0. The highest BCUT2D eigenvalue weighted by Gasteiger charge is 2.00. The van der Waals surface area contributed by atoms with Gasteiger partial charge in [0.2, 0.25) is 0 Å². The zero-order valence-electron chi connectivity index (χ0n) is 10.7. The first-order valence-electron chi connectivity index (χ1n) is 6.10. The highest BCUT2D eigenvalue weighted by Crippen LogP contribution is 2.10. The standard InChI is InChI=1S/C15H22O2/c1-13(10-14(2)11-16)8-9-17-12-15-6-4-3-5-7-15/h3-8,14,16H,9-12H2,1-2H3/b13-8+/t14-/m0/s1. The number of hydrogen-bond acceptors (Lipinski definition) is 2. The molecular weight excluding hydrogens is 212 g/mol. The van der Waals surface area contributed by atoms with Gasteiger partial charge in [-0.2, -0.15) is 0 Å². The minimum atomic E-state index is 0.246. The number of aliphatic hydroxyl groups is 1. The number of hydrogen-bond donors (Lipinski definition) is 1. The van der Waals surface area contributed by atoms with E-state index < -0.39 is 0 Å². The van der Waals surface area contributed by atoms with Crippen LogP contribution in [0.2, 0.25) is 0 Å². The second kappa shape index (κ2) is 8.04. The largest absolute Gasteiger partial charge is 0.396 e. The Kier molecular flexibility index (Phi) is 6.60. The van der Waals surface area contributed by atoms with E-state index in [0.717, 1.165) is 6.42 Å². The highest BCUT2D eigenvalue weighted by molar-refractivity contribution is 5.13. The smallest absolute Gasteiger partial charge is 0.0721 e. The van der Waals surface area contributed by atoms with Gasteiger partial charge in [-0.15, -0.1) is 0 Å². The highest BCUT2D eigenvalue weighted by atomic mass is 16.5. The molecule has 1 aromatic carbocycles. The minimum absolute atomic E-state index is 0.246. The Labute approximate surface area is 104 Å². The van der Waals surface area contributed by atoms with Crippen molar-refractivity contribution in [1.82, 2.24) is 0 Å². The first-order valence-corrected chi connectivity index (χ1v) is 6.10. The molecule has 94 valence electrons. The molecule has 1 rings (SSSR count). The van der Waals surface area contributed by atoms with E-state index in [4.69, 9.17) is 9.84 Å². The summed E-state index contributed by atoms with van der Waals surface area (Å²) in [5.41, 5.74) is 2.47. The molecule has 0 unspecified atom stereocenters. The molecule has 0 aliphatic rings. The van der Waals surface area contributed by atoms with Gasteiger partial charge in [0.05, 0.1) is 13.2 Å². The van der Waals surface area contributed by atoms with E-state index >= 15 is 0 Å². The zero-order chi connectivity index (χ0) is 12.5. The van der Waals surface area contributed by atoms with Crippen molar-refractivity contribution in [2.24, 2.45) is 5.92 Å². The number of ether oxygens (including phenoxy) is 1. The molecule has 0 aliphatic heterocycles. The summed E-state index contributed by atoms with van der Waals surface area (Å²) < 4.78 is 5.57. The van der Waals surface area contributed by atoms with Crippen LogP contribution in [0.3, 0.4) is 0 Å². The fourth-order valence-corrected chi connectivity index (χ4v) is 1.65. The van der Waals surface area contributed by atoms with E-state index in [2.05, 4.69) is 25.1 Å². The van der Waals surface area contributed by atoms with Crippen molar-refractivity contribution in [3.8, 4) is 0 Å². The number of aliphatic hydroxyl groups excluding tert-OH is 1. The summed E-state index contributed by atoms with van der Waals surface area (Å²) >= 11 is 0. The summed E-state index contributed by atoms with van der Waals surface area (Å²) in [6.07, 6.45) is 3.03. The van der Waals surface area contributed by atoms with E-state index in [1.807, 2.05) is 25.1 Å². The Hall–Kier alpha value is -1.12. The van der Waals surface area contributed by atoms with Gasteiger partial charge in [-0.25, -0.2) is 0 Å². The van der Waals surface area contributed by atoms with E-state index in [9.17, 15) is 0 Å². The fraction of sp³-hybridized carbons (Fsp3) is 0.467. The van der Waals surface area contributed by atoms with Crippen LogP contribution in [0, 0.1) is 5.92 Å². The molecule has 1 atom stereocenters. The van der Waals surface area contributed by atoms with Crippen LogP contribution in [-0.4, -0.2) is 18.3 Å². The first kappa shape index (κ1) is 13.9. The molecule has 0 amide bonds. The van der Waals surface area contributed by atoms with Gasteiger partial charge in [0.15, 0.2) is 0 Å². The van der Waals surface area contributed by atoms with Gasteiger partial charge in [0, 0.05) is 6.61 Å². The van der Waals surface area contributed by atoms with Crippen LogP contribution in [0.25, 0.3) is 0 Å². The van der Waals surface area contributed by atoms with Gasteiger partial charge >= 0.3 is 0 Å². The van der Waals surface area contributed by atoms with Crippen molar-refractivity contribution < 1.29 is 9.84 Å². The molecule has 0 aliphatic carbocycles. The predicted molar refractivity (Wildman–Crippen MR) is 70.7 cm³/mol. The van der Waals surface area contributed by atoms with Crippen LogP contribution < -0.4 is 0 Å². The lowest BCUT2D eigenvalue weighted by atomic mass is 10.0. The van der Waals surface area contributed by atoms with Crippen molar-refractivity contribution in [1.29, 1.82) is 0 Å². The second-order valence-electron chi connectivity index (χ2n) is 4.54. The maximum atomic E-state index is 8.95. The Balaban J connectivity index is 2.21. The maximum absolute atomic E-state index is 8.95. The maximum Gasteiger partial charge on any atom is 0.0721 e. The monoisotopic (exact) mass is 234 g/mol. The molecule has 17 heavy (non-hydrogen) atoms. The minimum Gasteiger partial charge on any atom is -0.396 e. The zero-order valence-corrected chi connectivity index (χ0v) is 10.7. The molecule has 0 aromatic heterocycles. The quantitative estimate of drug-likeness (QED) is 0.580. The average Bonchev–Trinajstić information content (AvgIpc) is 2.36. The summed E-state index contributed by atoms with van der Waals surface area (Å²) in [6, 6.07) is 10.2. The molecule has 1 N–H and O–H groups in total. The number of benzene rings is 1. The van der Waals surface area contributed by atoms with E-state index in [0.29, 0.717) is 19.1 Å². The molecule has 2 nitrogen and oxygen atoms in total. The van der Waals surface area contributed by atoms with Crippen LogP contribution in [0.1, 0.15) is 25.8 Å². The summed E-state index contributed by atoms with van der Waals surface area (Å²) in [6.45, 7) is 5.66. The van der Waals surface area contributed by atoms with Crippen LogP contribution in [-0.2, 0) is 11.3 Å². The van der Waals surface area contributed by atoms with Gasteiger partial charge in [-0.1, -0.05) is 48.9 Å². The predicted octanol–water partition coefficient (Wildman–Crippen LogP) is 3.17. The van der Waals surface area contributed by atoms with Crippen LogP contribution in [0.15, 0.2) is 42.0 Å². The molecule has 0 heterocycles.